The normalized spacial score (nSPS) is 11.4. The molecule has 1 unspecified atom stereocenters. The van der Waals surface area contributed by atoms with E-state index in [1.165, 1.54) is 14.2 Å². The van der Waals surface area contributed by atoms with E-state index < -0.39 is 0 Å². The molecule has 8 heteroatoms. The molecule has 0 aliphatic heterocycles. The highest BCUT2D eigenvalue weighted by molar-refractivity contribution is 9.10. The Morgan fingerprint density at radius 3 is 1.89 bits per heavy atom. The summed E-state index contributed by atoms with van der Waals surface area (Å²) in [5.74, 6) is 0.390. The van der Waals surface area contributed by atoms with Crippen molar-refractivity contribution in [3.05, 3.63) is 56.5 Å². The van der Waals surface area contributed by atoms with Crippen molar-refractivity contribution in [1.82, 2.24) is 10.6 Å². The molecule has 0 aliphatic rings. The Bertz CT molecular complexity index is 842. The first kappa shape index (κ1) is 21.2. The molecule has 2 aromatic rings. The molecular formula is C19H20Br2N2O4. The van der Waals surface area contributed by atoms with Gasteiger partial charge in [0.05, 0.1) is 25.3 Å². The van der Waals surface area contributed by atoms with E-state index in [-0.39, 0.29) is 24.4 Å². The van der Waals surface area contributed by atoms with Gasteiger partial charge in [-0.1, -0.05) is 31.9 Å². The molecule has 2 aromatic carbocycles. The van der Waals surface area contributed by atoms with Crippen LogP contribution in [0.25, 0.3) is 0 Å². The molecule has 0 spiro atoms. The molecule has 2 N–H and O–H groups in total. The maximum atomic E-state index is 12.5. The summed E-state index contributed by atoms with van der Waals surface area (Å²) in [5.41, 5.74) is 0.831. The van der Waals surface area contributed by atoms with Crippen LogP contribution in [-0.4, -0.2) is 38.6 Å². The fourth-order valence-electron chi connectivity index (χ4n) is 2.41. The molecule has 0 saturated carbocycles. The monoisotopic (exact) mass is 498 g/mol. The minimum Gasteiger partial charge on any atom is -0.496 e. The van der Waals surface area contributed by atoms with Gasteiger partial charge in [-0.2, -0.15) is 0 Å². The van der Waals surface area contributed by atoms with Gasteiger partial charge in [-0.05, 0) is 43.3 Å². The third-order valence-corrected chi connectivity index (χ3v) is 4.75. The lowest BCUT2D eigenvalue weighted by Crippen LogP contribution is -2.42. The van der Waals surface area contributed by atoms with Crippen LogP contribution in [0.2, 0.25) is 0 Å². The van der Waals surface area contributed by atoms with Crippen LogP contribution >= 0.6 is 31.9 Å². The molecule has 2 amide bonds. The molecular weight excluding hydrogens is 480 g/mol. The molecule has 2 rings (SSSR count). The van der Waals surface area contributed by atoms with Crippen LogP contribution in [0.5, 0.6) is 11.5 Å². The van der Waals surface area contributed by atoms with Crippen LogP contribution in [0, 0.1) is 0 Å². The van der Waals surface area contributed by atoms with Crippen molar-refractivity contribution in [3.8, 4) is 11.5 Å². The molecule has 0 bridgehead atoms. The number of benzene rings is 2. The lowest BCUT2D eigenvalue weighted by atomic mass is 10.1. The van der Waals surface area contributed by atoms with Crippen molar-refractivity contribution in [2.75, 3.05) is 20.8 Å². The third kappa shape index (κ3) is 5.71. The zero-order valence-electron chi connectivity index (χ0n) is 15.1. The third-order valence-electron chi connectivity index (χ3n) is 3.76. The average Bonchev–Trinajstić information content (AvgIpc) is 2.65. The summed E-state index contributed by atoms with van der Waals surface area (Å²) in [6.45, 7) is 2.07. The van der Waals surface area contributed by atoms with Crippen molar-refractivity contribution >= 4 is 43.7 Å². The van der Waals surface area contributed by atoms with Crippen LogP contribution < -0.4 is 20.1 Å². The van der Waals surface area contributed by atoms with Crippen LogP contribution in [0.1, 0.15) is 27.6 Å². The number of carbonyl (C=O) groups excluding carboxylic acids is 2. The molecule has 0 saturated heterocycles. The number of methoxy groups -OCH3 is 2. The van der Waals surface area contributed by atoms with Crippen molar-refractivity contribution < 1.29 is 19.1 Å². The lowest BCUT2D eigenvalue weighted by Gasteiger charge is -2.17. The summed E-state index contributed by atoms with van der Waals surface area (Å²) in [6.07, 6.45) is 0. The van der Waals surface area contributed by atoms with Gasteiger partial charge in [0.25, 0.3) is 11.8 Å². The predicted octanol–water partition coefficient (Wildman–Crippen LogP) is 3.78. The van der Waals surface area contributed by atoms with E-state index in [4.69, 9.17) is 9.47 Å². The number of carbonyl (C=O) groups is 2. The minimum atomic E-state index is -0.289. The first-order valence-corrected chi connectivity index (χ1v) is 9.70. The van der Waals surface area contributed by atoms with Gasteiger partial charge in [-0.15, -0.1) is 0 Å². The Labute approximate surface area is 174 Å². The zero-order valence-corrected chi connectivity index (χ0v) is 18.3. The van der Waals surface area contributed by atoms with Gasteiger partial charge in [0.1, 0.15) is 11.5 Å². The van der Waals surface area contributed by atoms with Gasteiger partial charge in [-0.3, -0.25) is 9.59 Å². The Balaban J connectivity index is 1.99. The van der Waals surface area contributed by atoms with Gasteiger partial charge >= 0.3 is 0 Å². The summed E-state index contributed by atoms with van der Waals surface area (Å²) in [5, 5.41) is 5.65. The molecule has 6 nitrogen and oxygen atoms in total. The number of rotatable bonds is 7. The summed E-state index contributed by atoms with van der Waals surface area (Å²) in [4.78, 5) is 24.9. The molecule has 0 fully saturated rings. The number of ether oxygens (including phenoxy) is 2. The van der Waals surface area contributed by atoms with E-state index in [0.29, 0.717) is 22.6 Å². The molecule has 0 aliphatic carbocycles. The quantitative estimate of drug-likeness (QED) is 0.607. The molecule has 1 atom stereocenters. The number of hydrogen-bond acceptors (Lipinski definition) is 4. The topological polar surface area (TPSA) is 76.7 Å². The first-order valence-electron chi connectivity index (χ1n) is 8.11. The zero-order chi connectivity index (χ0) is 20.0. The van der Waals surface area contributed by atoms with Crippen LogP contribution in [0.3, 0.4) is 0 Å². The Hall–Kier alpha value is -2.06. The van der Waals surface area contributed by atoms with Gasteiger partial charge in [0.15, 0.2) is 0 Å². The maximum absolute atomic E-state index is 12.5. The number of halogens is 2. The van der Waals surface area contributed by atoms with Crippen LogP contribution in [0.15, 0.2) is 45.3 Å². The maximum Gasteiger partial charge on any atom is 0.255 e. The standard InChI is InChI=1S/C19H20Br2N2O4/c1-11(23-19(25)15-9-13(21)5-7-17(15)27-3)10-22-18(24)14-8-12(20)4-6-16(14)26-2/h4-9,11H,10H2,1-3H3,(H,22,24)(H,23,25). The molecule has 144 valence electrons. The average molecular weight is 500 g/mol. The highest BCUT2D eigenvalue weighted by Gasteiger charge is 2.17. The van der Waals surface area contributed by atoms with Crippen molar-refractivity contribution in [2.24, 2.45) is 0 Å². The van der Waals surface area contributed by atoms with E-state index in [2.05, 4.69) is 42.5 Å². The van der Waals surface area contributed by atoms with Crippen molar-refractivity contribution in [1.29, 1.82) is 0 Å². The van der Waals surface area contributed by atoms with Crippen LogP contribution in [0.4, 0.5) is 0 Å². The van der Waals surface area contributed by atoms with E-state index in [1.54, 1.807) is 43.3 Å². The highest BCUT2D eigenvalue weighted by atomic mass is 79.9. The van der Waals surface area contributed by atoms with E-state index in [0.717, 1.165) is 8.95 Å². The predicted molar refractivity (Wildman–Crippen MR) is 111 cm³/mol. The summed E-state index contributed by atoms with van der Waals surface area (Å²) >= 11 is 6.69. The van der Waals surface area contributed by atoms with E-state index >= 15 is 0 Å². The first-order chi connectivity index (χ1) is 12.8. The van der Waals surface area contributed by atoms with Crippen molar-refractivity contribution in [2.45, 2.75) is 13.0 Å². The largest absolute Gasteiger partial charge is 0.496 e. The summed E-state index contributed by atoms with van der Waals surface area (Å²) < 4.78 is 12.0. The van der Waals surface area contributed by atoms with Gasteiger partial charge < -0.3 is 20.1 Å². The highest BCUT2D eigenvalue weighted by Crippen LogP contribution is 2.24. The second kappa shape index (κ2) is 9.75. The van der Waals surface area contributed by atoms with E-state index in [9.17, 15) is 9.59 Å². The number of hydrogen-bond donors (Lipinski definition) is 2. The molecule has 0 aromatic heterocycles. The van der Waals surface area contributed by atoms with E-state index in [1.807, 2.05) is 0 Å². The Kier molecular flexibility index (Phi) is 7.67. The minimum absolute atomic E-state index is 0.260. The van der Waals surface area contributed by atoms with Crippen LogP contribution in [-0.2, 0) is 0 Å². The lowest BCUT2D eigenvalue weighted by molar-refractivity contribution is 0.0909. The van der Waals surface area contributed by atoms with Gasteiger partial charge in [0.2, 0.25) is 0 Å². The Morgan fingerprint density at radius 1 is 0.926 bits per heavy atom. The Morgan fingerprint density at radius 2 is 1.41 bits per heavy atom. The number of nitrogens with one attached hydrogen (secondary N) is 2. The SMILES string of the molecule is COc1ccc(Br)cc1C(=O)NCC(C)NC(=O)c1cc(Br)ccc1OC. The molecule has 0 radical (unpaired) electrons. The fourth-order valence-corrected chi connectivity index (χ4v) is 3.13. The fraction of sp³-hybridized carbons (Fsp3) is 0.263. The second-order valence-corrected chi connectivity index (χ2v) is 7.61. The number of amides is 2. The second-order valence-electron chi connectivity index (χ2n) is 5.77. The molecule has 0 heterocycles. The van der Waals surface area contributed by atoms with Crippen molar-refractivity contribution in [3.63, 3.8) is 0 Å². The summed E-state index contributed by atoms with van der Waals surface area (Å²) in [7, 11) is 3.02. The summed E-state index contributed by atoms with van der Waals surface area (Å²) in [6, 6.07) is 10.1. The van der Waals surface area contributed by atoms with Gasteiger partial charge in [-0.25, -0.2) is 0 Å². The molecule has 27 heavy (non-hydrogen) atoms. The smallest absolute Gasteiger partial charge is 0.255 e. The van der Waals surface area contributed by atoms with Gasteiger partial charge in [0, 0.05) is 21.5 Å².